The number of hydrogen-bond donors (Lipinski definition) is 5. The monoisotopic (exact) mass is 317 g/mol. The quantitative estimate of drug-likeness (QED) is 0.414. The van der Waals surface area contributed by atoms with E-state index in [2.05, 4.69) is 30.9 Å². The van der Waals surface area contributed by atoms with Crippen LogP contribution >= 0.6 is 15.9 Å². The summed E-state index contributed by atoms with van der Waals surface area (Å²) in [7, 11) is 0. The molecular formula is C8H8BrN5O4. The molecule has 0 radical (unpaired) electrons. The van der Waals surface area contributed by atoms with Crippen molar-refractivity contribution >= 4 is 21.7 Å². The first kappa shape index (κ1) is 13.7. The molecule has 0 spiro atoms. The van der Waals surface area contributed by atoms with Crippen LogP contribution in [0.3, 0.4) is 0 Å². The van der Waals surface area contributed by atoms with Crippen LogP contribution < -0.4 is 22.7 Å². The highest BCUT2D eigenvalue weighted by Crippen LogP contribution is 2.09. The van der Waals surface area contributed by atoms with Crippen molar-refractivity contribution in [2.45, 2.75) is 0 Å². The van der Waals surface area contributed by atoms with Gasteiger partial charge in [0.2, 0.25) is 0 Å². The zero-order valence-electron chi connectivity index (χ0n) is 8.73. The van der Waals surface area contributed by atoms with Gasteiger partial charge < -0.3 is 15.8 Å². The number of anilines is 1. The number of aromatic amines is 3. The standard InChI is InChI=1S/C4H3BrN2O2.C4H5N3O2/c5-2-1-6-4(9)7-3(2)8;5-3-2(8)1-6-4(9)7-3/h1H,(H2,6,7,8,9);1,8H,(H3,5,6,7,9). The van der Waals surface area contributed by atoms with Crippen molar-refractivity contribution in [3.8, 4) is 5.75 Å². The number of nitrogens with two attached hydrogens (primary N) is 1. The Balaban J connectivity index is 0.000000180. The van der Waals surface area contributed by atoms with Gasteiger partial charge in [-0.1, -0.05) is 0 Å². The van der Waals surface area contributed by atoms with Crippen molar-refractivity contribution < 1.29 is 5.11 Å². The van der Waals surface area contributed by atoms with Crippen LogP contribution in [0.15, 0.2) is 31.3 Å². The summed E-state index contributed by atoms with van der Waals surface area (Å²) >= 11 is 2.92. The van der Waals surface area contributed by atoms with E-state index in [9.17, 15) is 14.4 Å². The number of nitrogens with one attached hydrogen (secondary N) is 3. The summed E-state index contributed by atoms with van der Waals surface area (Å²) in [5.41, 5.74) is 3.60. The average Bonchev–Trinajstić information content (AvgIpc) is 2.30. The van der Waals surface area contributed by atoms with Crippen LogP contribution in [0.2, 0.25) is 0 Å². The Hall–Kier alpha value is -2.36. The van der Waals surface area contributed by atoms with Crippen LogP contribution in [0.4, 0.5) is 5.82 Å². The molecular weight excluding hydrogens is 310 g/mol. The van der Waals surface area contributed by atoms with E-state index in [4.69, 9.17) is 10.8 Å². The second-order valence-corrected chi connectivity index (χ2v) is 3.76. The van der Waals surface area contributed by atoms with Crippen LogP contribution in [-0.4, -0.2) is 25.0 Å². The highest BCUT2D eigenvalue weighted by molar-refractivity contribution is 9.10. The molecule has 0 aliphatic heterocycles. The van der Waals surface area contributed by atoms with Gasteiger partial charge in [-0.3, -0.25) is 14.8 Å². The van der Waals surface area contributed by atoms with Gasteiger partial charge in [-0.15, -0.1) is 0 Å². The third-order valence-corrected chi connectivity index (χ3v) is 2.18. The minimum Gasteiger partial charge on any atom is -0.503 e. The molecule has 0 saturated heterocycles. The van der Waals surface area contributed by atoms with Crippen LogP contribution in [-0.2, 0) is 0 Å². The normalized spacial score (nSPS) is 9.39. The highest BCUT2D eigenvalue weighted by atomic mass is 79.9. The summed E-state index contributed by atoms with van der Waals surface area (Å²) in [4.78, 5) is 40.7. The number of nitrogens with zero attached hydrogens (tertiary/aromatic N) is 1. The first-order chi connectivity index (χ1) is 8.40. The fourth-order valence-corrected chi connectivity index (χ4v) is 1.01. The second kappa shape index (κ2) is 5.82. The molecule has 0 aliphatic rings. The minimum atomic E-state index is -0.565. The lowest BCUT2D eigenvalue weighted by Gasteiger charge is -1.92. The summed E-state index contributed by atoms with van der Waals surface area (Å²) in [6.45, 7) is 0. The maximum atomic E-state index is 10.5. The minimum absolute atomic E-state index is 0.0602. The molecule has 2 heterocycles. The van der Waals surface area contributed by atoms with E-state index in [1.807, 2.05) is 4.98 Å². The van der Waals surface area contributed by atoms with Crippen molar-refractivity contribution in [1.82, 2.24) is 19.9 Å². The number of hydrogen-bond acceptors (Lipinski definition) is 6. The van der Waals surface area contributed by atoms with Crippen molar-refractivity contribution in [2.75, 3.05) is 5.73 Å². The van der Waals surface area contributed by atoms with Crippen molar-refractivity contribution in [3.05, 3.63) is 48.2 Å². The molecule has 0 aromatic carbocycles. The Morgan fingerprint density at radius 2 is 1.94 bits per heavy atom. The predicted molar refractivity (Wildman–Crippen MR) is 66.3 cm³/mol. The molecule has 0 aliphatic carbocycles. The Kier molecular flexibility index (Phi) is 4.43. The zero-order valence-corrected chi connectivity index (χ0v) is 10.3. The smallest absolute Gasteiger partial charge is 0.346 e. The molecule has 0 unspecified atom stereocenters. The van der Waals surface area contributed by atoms with Crippen molar-refractivity contribution in [1.29, 1.82) is 0 Å². The summed E-state index contributed by atoms with van der Waals surface area (Å²) in [6, 6.07) is 0. The van der Waals surface area contributed by atoms with Gasteiger partial charge in [-0.05, 0) is 15.9 Å². The van der Waals surface area contributed by atoms with E-state index >= 15 is 0 Å². The van der Waals surface area contributed by atoms with Gasteiger partial charge in [0, 0.05) is 6.20 Å². The number of aromatic nitrogens is 4. The van der Waals surface area contributed by atoms with Gasteiger partial charge in [-0.25, -0.2) is 9.59 Å². The third-order valence-electron chi connectivity index (χ3n) is 1.60. The molecule has 2 aromatic rings. The molecule has 0 fully saturated rings. The van der Waals surface area contributed by atoms with Crippen LogP contribution in [0.1, 0.15) is 0 Å². The Morgan fingerprint density at radius 3 is 2.39 bits per heavy atom. The van der Waals surface area contributed by atoms with E-state index < -0.39 is 16.9 Å². The number of halogens is 1. The number of rotatable bonds is 0. The third kappa shape index (κ3) is 3.90. The molecule has 6 N–H and O–H groups in total. The number of nitrogen functional groups attached to an aromatic ring is 1. The molecule has 10 heteroatoms. The first-order valence-electron chi connectivity index (χ1n) is 4.41. The molecule has 0 amide bonds. The largest absolute Gasteiger partial charge is 0.503 e. The van der Waals surface area contributed by atoms with Crippen molar-refractivity contribution in [3.63, 3.8) is 0 Å². The van der Waals surface area contributed by atoms with Crippen LogP contribution in [0.5, 0.6) is 5.75 Å². The summed E-state index contributed by atoms with van der Waals surface area (Å²) < 4.78 is 0.321. The lowest BCUT2D eigenvalue weighted by molar-refractivity contribution is 0.472. The van der Waals surface area contributed by atoms with E-state index in [-0.39, 0.29) is 11.6 Å². The zero-order chi connectivity index (χ0) is 13.7. The fraction of sp³-hybridized carbons (Fsp3) is 0. The van der Waals surface area contributed by atoms with Gasteiger partial charge >= 0.3 is 11.4 Å². The molecule has 18 heavy (non-hydrogen) atoms. The summed E-state index contributed by atoms with van der Waals surface area (Å²) in [5.74, 6) is -0.274. The van der Waals surface area contributed by atoms with Crippen LogP contribution in [0, 0.1) is 0 Å². The number of aromatic hydroxyl groups is 1. The lowest BCUT2D eigenvalue weighted by Crippen LogP contribution is -2.21. The van der Waals surface area contributed by atoms with Crippen LogP contribution in [0.25, 0.3) is 0 Å². The predicted octanol–water partition coefficient (Wildman–Crippen LogP) is -1.12. The van der Waals surface area contributed by atoms with Gasteiger partial charge in [0.05, 0.1) is 10.7 Å². The van der Waals surface area contributed by atoms with Gasteiger partial charge in [0.25, 0.3) is 5.56 Å². The van der Waals surface area contributed by atoms with E-state index in [1.54, 1.807) is 0 Å². The number of H-pyrrole nitrogens is 3. The average molecular weight is 318 g/mol. The molecule has 0 atom stereocenters. The maximum absolute atomic E-state index is 10.5. The molecule has 0 saturated carbocycles. The molecule has 2 aromatic heterocycles. The molecule has 9 nitrogen and oxygen atoms in total. The molecule has 0 bridgehead atoms. The summed E-state index contributed by atoms with van der Waals surface area (Å²) in [5, 5.41) is 8.69. The Morgan fingerprint density at radius 1 is 1.28 bits per heavy atom. The molecule has 96 valence electrons. The topological polar surface area (TPSA) is 158 Å². The summed E-state index contributed by atoms with van der Waals surface area (Å²) in [6.07, 6.45) is 2.29. The first-order valence-corrected chi connectivity index (χ1v) is 5.20. The van der Waals surface area contributed by atoms with Crippen molar-refractivity contribution in [2.24, 2.45) is 0 Å². The maximum Gasteiger partial charge on any atom is 0.346 e. The van der Waals surface area contributed by atoms with Gasteiger partial charge in [-0.2, -0.15) is 4.98 Å². The SMILES string of the molecule is Nc1[nH]c(=O)ncc1O.O=c1[nH]cc(Br)c(=O)[nH]1. The second-order valence-electron chi connectivity index (χ2n) is 2.91. The lowest BCUT2D eigenvalue weighted by atomic mass is 10.5. The van der Waals surface area contributed by atoms with E-state index in [0.29, 0.717) is 4.47 Å². The highest BCUT2D eigenvalue weighted by Gasteiger charge is 1.94. The molecule has 2 rings (SSSR count). The Labute approximate surface area is 107 Å². The van der Waals surface area contributed by atoms with Gasteiger partial charge in [0.1, 0.15) is 5.82 Å². The van der Waals surface area contributed by atoms with E-state index in [0.717, 1.165) is 6.20 Å². The van der Waals surface area contributed by atoms with Gasteiger partial charge in [0.15, 0.2) is 5.75 Å². The van der Waals surface area contributed by atoms with E-state index in [1.165, 1.54) is 6.20 Å². The fourth-order valence-electron chi connectivity index (χ4n) is 0.794. The Bertz CT molecular complexity index is 703.